The van der Waals surface area contributed by atoms with E-state index in [0.717, 1.165) is 47.5 Å². The fourth-order valence-corrected chi connectivity index (χ4v) is 5.05. The van der Waals surface area contributed by atoms with E-state index in [1.807, 2.05) is 13.0 Å². The first-order valence-corrected chi connectivity index (χ1v) is 11.4. The van der Waals surface area contributed by atoms with Crippen molar-refractivity contribution in [1.29, 1.82) is 0 Å². The van der Waals surface area contributed by atoms with E-state index in [1.165, 1.54) is 16.7 Å². The zero-order chi connectivity index (χ0) is 21.4. The molecule has 4 heterocycles. The molecule has 3 aromatic heterocycles. The zero-order valence-electron chi connectivity index (χ0n) is 17.6. The van der Waals surface area contributed by atoms with Crippen LogP contribution < -0.4 is 10.2 Å². The van der Waals surface area contributed by atoms with Crippen LogP contribution in [-0.2, 0) is 0 Å². The van der Waals surface area contributed by atoms with Crippen molar-refractivity contribution < 1.29 is 9.21 Å². The van der Waals surface area contributed by atoms with E-state index < -0.39 is 0 Å². The lowest BCUT2D eigenvalue weighted by Crippen LogP contribution is -2.45. The van der Waals surface area contributed by atoms with E-state index in [0.29, 0.717) is 5.76 Å². The molecule has 0 spiro atoms. The molecule has 1 aliphatic rings. The monoisotopic (exact) mass is 432 g/mol. The summed E-state index contributed by atoms with van der Waals surface area (Å²) >= 11 is 1.65. The summed E-state index contributed by atoms with van der Waals surface area (Å²) in [6.45, 7) is 5.64. The van der Waals surface area contributed by atoms with Crippen molar-refractivity contribution in [1.82, 2.24) is 15.3 Å². The molecule has 1 saturated heterocycles. The van der Waals surface area contributed by atoms with Gasteiger partial charge in [-0.05, 0) is 38.3 Å². The highest BCUT2D eigenvalue weighted by molar-refractivity contribution is 7.17. The van der Waals surface area contributed by atoms with Crippen molar-refractivity contribution in [3.05, 3.63) is 65.2 Å². The molecule has 5 rings (SSSR count). The van der Waals surface area contributed by atoms with E-state index in [-0.39, 0.29) is 11.9 Å². The smallest absolute Gasteiger partial charge is 0.287 e. The SMILES string of the molecule is Cc1ccc(-c2csc3ncnc(N4CCC(NC(=O)c5occc5C)CC4)c23)cc1. The normalized spacial score (nSPS) is 14.8. The van der Waals surface area contributed by atoms with Gasteiger partial charge in [-0.25, -0.2) is 9.97 Å². The maximum Gasteiger partial charge on any atom is 0.287 e. The summed E-state index contributed by atoms with van der Waals surface area (Å²) < 4.78 is 5.32. The molecule has 1 N–H and O–H groups in total. The number of nitrogens with one attached hydrogen (secondary N) is 1. The maximum atomic E-state index is 12.5. The van der Waals surface area contributed by atoms with Gasteiger partial charge in [0.05, 0.1) is 11.6 Å². The van der Waals surface area contributed by atoms with Crippen LogP contribution in [0.15, 0.2) is 52.7 Å². The van der Waals surface area contributed by atoms with Crippen LogP contribution in [0.25, 0.3) is 21.3 Å². The first-order chi connectivity index (χ1) is 15.1. The second kappa shape index (κ2) is 8.15. The van der Waals surface area contributed by atoms with Gasteiger partial charge in [0.2, 0.25) is 0 Å². The third-order valence-corrected chi connectivity index (χ3v) is 6.80. The molecule has 0 unspecified atom stereocenters. The molecule has 7 heteroatoms. The fourth-order valence-electron chi connectivity index (χ4n) is 4.14. The molecule has 0 radical (unpaired) electrons. The van der Waals surface area contributed by atoms with Crippen molar-refractivity contribution in [2.75, 3.05) is 18.0 Å². The number of hydrogen-bond acceptors (Lipinski definition) is 6. The third kappa shape index (κ3) is 3.81. The zero-order valence-corrected chi connectivity index (χ0v) is 18.4. The van der Waals surface area contributed by atoms with Crippen LogP contribution in [0.5, 0.6) is 0 Å². The van der Waals surface area contributed by atoms with Gasteiger partial charge in [-0.2, -0.15) is 0 Å². The lowest BCUT2D eigenvalue weighted by atomic mass is 10.0. The summed E-state index contributed by atoms with van der Waals surface area (Å²) in [7, 11) is 0. The van der Waals surface area contributed by atoms with Gasteiger partial charge in [-0.3, -0.25) is 4.79 Å². The Labute approximate surface area is 184 Å². The van der Waals surface area contributed by atoms with Crippen molar-refractivity contribution >= 4 is 33.3 Å². The molecule has 0 saturated carbocycles. The van der Waals surface area contributed by atoms with Crippen LogP contribution in [-0.4, -0.2) is 35.0 Å². The number of amides is 1. The molecule has 1 aromatic carbocycles. The highest BCUT2D eigenvalue weighted by Gasteiger charge is 2.25. The van der Waals surface area contributed by atoms with Crippen LogP contribution in [0.4, 0.5) is 5.82 Å². The van der Waals surface area contributed by atoms with Crippen LogP contribution in [0.2, 0.25) is 0 Å². The van der Waals surface area contributed by atoms with Crippen LogP contribution in [0, 0.1) is 13.8 Å². The van der Waals surface area contributed by atoms with Gasteiger partial charge in [0, 0.05) is 35.6 Å². The first-order valence-electron chi connectivity index (χ1n) is 10.5. The summed E-state index contributed by atoms with van der Waals surface area (Å²) in [4.78, 5) is 25.0. The Morgan fingerprint density at radius 2 is 1.90 bits per heavy atom. The summed E-state index contributed by atoms with van der Waals surface area (Å²) in [5.74, 6) is 1.25. The molecule has 1 aliphatic heterocycles. The van der Waals surface area contributed by atoms with Gasteiger partial charge >= 0.3 is 0 Å². The second-order valence-corrected chi connectivity index (χ2v) is 8.92. The van der Waals surface area contributed by atoms with Gasteiger partial charge in [0.1, 0.15) is 17.0 Å². The quantitative estimate of drug-likeness (QED) is 0.493. The van der Waals surface area contributed by atoms with Crippen LogP contribution in [0.3, 0.4) is 0 Å². The number of anilines is 1. The first kappa shape index (κ1) is 19.8. The number of aromatic nitrogens is 2. The molecule has 0 aliphatic carbocycles. The Kier molecular flexibility index (Phi) is 5.19. The molecule has 6 nitrogen and oxygen atoms in total. The molecule has 4 aromatic rings. The molecule has 1 fully saturated rings. The van der Waals surface area contributed by atoms with Crippen molar-refractivity contribution in [2.45, 2.75) is 32.7 Å². The number of hydrogen-bond donors (Lipinski definition) is 1. The minimum Gasteiger partial charge on any atom is -0.459 e. The predicted molar refractivity (Wildman–Crippen MR) is 124 cm³/mol. The number of furan rings is 1. The number of carbonyl (C=O) groups excluding carboxylic acids is 1. The average Bonchev–Trinajstić information content (AvgIpc) is 3.41. The summed E-state index contributed by atoms with van der Waals surface area (Å²) in [6.07, 6.45) is 4.93. The molecule has 1 amide bonds. The summed E-state index contributed by atoms with van der Waals surface area (Å²) in [6, 6.07) is 10.5. The van der Waals surface area contributed by atoms with E-state index in [1.54, 1.807) is 23.9 Å². The Hall–Kier alpha value is -3.19. The van der Waals surface area contributed by atoms with Crippen molar-refractivity contribution in [3.8, 4) is 11.1 Å². The van der Waals surface area contributed by atoms with Gasteiger partial charge < -0.3 is 14.6 Å². The van der Waals surface area contributed by atoms with Gasteiger partial charge in [0.15, 0.2) is 5.76 Å². The van der Waals surface area contributed by atoms with Crippen LogP contribution in [0.1, 0.15) is 34.5 Å². The third-order valence-electron chi connectivity index (χ3n) is 5.91. The molecule has 0 bridgehead atoms. The van der Waals surface area contributed by atoms with E-state index in [4.69, 9.17) is 4.42 Å². The topological polar surface area (TPSA) is 71.3 Å². The van der Waals surface area contributed by atoms with E-state index in [2.05, 4.69) is 56.8 Å². The fraction of sp³-hybridized carbons (Fsp3) is 0.292. The highest BCUT2D eigenvalue weighted by atomic mass is 32.1. The maximum absolute atomic E-state index is 12.5. The molecule has 158 valence electrons. The number of rotatable bonds is 4. The second-order valence-electron chi connectivity index (χ2n) is 8.06. The number of benzene rings is 1. The number of nitrogens with zero attached hydrogens (tertiary/aromatic N) is 3. The molecule has 0 atom stereocenters. The van der Waals surface area contributed by atoms with Crippen LogP contribution >= 0.6 is 11.3 Å². The average molecular weight is 433 g/mol. The Morgan fingerprint density at radius 1 is 1.13 bits per heavy atom. The molecule has 31 heavy (non-hydrogen) atoms. The molecular formula is C24H24N4O2S. The highest BCUT2D eigenvalue weighted by Crippen LogP contribution is 2.38. The number of fused-ring (bicyclic) bond motifs is 1. The standard InChI is InChI=1S/C24H24N4O2S/c1-15-3-5-17(6-4-15)19-13-31-24-20(19)22(25-14-26-24)28-10-7-18(8-11-28)27-23(29)21-16(2)9-12-30-21/h3-6,9,12-14,18H,7-8,10-11H2,1-2H3,(H,27,29). The van der Waals surface area contributed by atoms with Crippen molar-refractivity contribution in [3.63, 3.8) is 0 Å². The minimum absolute atomic E-state index is 0.129. The van der Waals surface area contributed by atoms with Crippen molar-refractivity contribution in [2.24, 2.45) is 0 Å². The predicted octanol–water partition coefficient (Wildman–Crippen LogP) is 4.97. The Morgan fingerprint density at radius 3 is 2.61 bits per heavy atom. The number of piperidine rings is 1. The number of carbonyl (C=O) groups is 1. The summed E-state index contributed by atoms with van der Waals surface area (Å²) in [5, 5.41) is 6.41. The van der Waals surface area contributed by atoms with Gasteiger partial charge in [-0.15, -0.1) is 11.3 Å². The summed E-state index contributed by atoms with van der Waals surface area (Å²) in [5.41, 5.74) is 4.47. The largest absolute Gasteiger partial charge is 0.459 e. The minimum atomic E-state index is -0.134. The lowest BCUT2D eigenvalue weighted by molar-refractivity contribution is 0.0902. The number of aryl methyl sites for hydroxylation is 2. The van der Waals surface area contributed by atoms with Gasteiger partial charge in [0.25, 0.3) is 5.91 Å². The van der Waals surface area contributed by atoms with Gasteiger partial charge in [-0.1, -0.05) is 29.8 Å². The molecular weight excluding hydrogens is 408 g/mol. The Balaban J connectivity index is 1.35. The van der Waals surface area contributed by atoms with E-state index >= 15 is 0 Å². The lowest BCUT2D eigenvalue weighted by Gasteiger charge is -2.33. The van der Waals surface area contributed by atoms with E-state index in [9.17, 15) is 4.79 Å². The number of thiophene rings is 1. The Bertz CT molecular complexity index is 1220.